The second kappa shape index (κ2) is 12.4. The van der Waals surface area contributed by atoms with Gasteiger partial charge >= 0.3 is 5.97 Å². The molecular formula is C42H34N2O6. The maximum atomic E-state index is 15.3. The number of nitrogens with one attached hydrogen (secondary N) is 1. The Morgan fingerprint density at radius 2 is 1.40 bits per heavy atom. The number of amides is 1. The first-order valence-corrected chi connectivity index (χ1v) is 16.5. The lowest BCUT2D eigenvalue weighted by molar-refractivity contribution is -0.150. The van der Waals surface area contributed by atoms with Gasteiger partial charge in [0.25, 0.3) is 0 Å². The lowest BCUT2D eigenvalue weighted by Gasteiger charge is -2.37. The van der Waals surface area contributed by atoms with Crippen molar-refractivity contribution in [1.29, 1.82) is 0 Å². The smallest absolute Gasteiger partial charge is 0.330 e. The number of para-hydroxylation sites is 2. The second-order valence-electron chi connectivity index (χ2n) is 12.6. The van der Waals surface area contributed by atoms with Crippen molar-refractivity contribution in [3.63, 3.8) is 0 Å². The first-order chi connectivity index (χ1) is 24.5. The van der Waals surface area contributed by atoms with Gasteiger partial charge in [0.15, 0.2) is 23.4 Å². The van der Waals surface area contributed by atoms with Crippen LogP contribution in [0.3, 0.4) is 0 Å². The molecule has 0 aliphatic carbocycles. The van der Waals surface area contributed by atoms with Gasteiger partial charge in [0, 0.05) is 16.9 Å². The van der Waals surface area contributed by atoms with Crippen molar-refractivity contribution >= 4 is 35.1 Å². The van der Waals surface area contributed by atoms with Crippen LogP contribution in [-0.4, -0.2) is 44.0 Å². The van der Waals surface area contributed by atoms with Gasteiger partial charge in [-0.1, -0.05) is 109 Å². The summed E-state index contributed by atoms with van der Waals surface area (Å²) in [5.74, 6) is -1.76. The van der Waals surface area contributed by atoms with Crippen molar-refractivity contribution in [2.24, 2.45) is 5.92 Å². The lowest BCUT2D eigenvalue weighted by atomic mass is 9.64. The first-order valence-electron chi connectivity index (χ1n) is 16.5. The number of fused-ring (bicyclic) bond motifs is 6. The number of nitrogens with zero attached hydrogens (tertiary/aromatic N) is 1. The molecule has 8 heteroatoms. The molecule has 4 atom stereocenters. The van der Waals surface area contributed by atoms with Gasteiger partial charge in [0.2, 0.25) is 5.91 Å². The van der Waals surface area contributed by atoms with E-state index >= 15 is 9.59 Å². The van der Waals surface area contributed by atoms with E-state index in [0.29, 0.717) is 22.7 Å². The number of ketones is 1. The Labute approximate surface area is 289 Å². The Hall–Kier alpha value is -6.15. The Kier molecular flexibility index (Phi) is 7.71. The molecular weight excluding hydrogens is 628 g/mol. The molecule has 5 aromatic carbocycles. The number of methoxy groups -OCH3 is 2. The quantitative estimate of drug-likeness (QED) is 0.141. The molecule has 0 bridgehead atoms. The zero-order chi connectivity index (χ0) is 34.4. The number of anilines is 2. The third kappa shape index (κ3) is 4.70. The maximum absolute atomic E-state index is 15.3. The third-order valence-electron chi connectivity index (χ3n) is 10.2. The van der Waals surface area contributed by atoms with Crippen LogP contribution in [0.2, 0.25) is 0 Å². The van der Waals surface area contributed by atoms with E-state index in [4.69, 9.17) is 14.2 Å². The van der Waals surface area contributed by atoms with Crippen molar-refractivity contribution in [2.75, 3.05) is 24.4 Å². The van der Waals surface area contributed by atoms with E-state index in [1.807, 2.05) is 126 Å². The van der Waals surface area contributed by atoms with E-state index in [2.05, 4.69) is 5.32 Å². The van der Waals surface area contributed by atoms with E-state index in [-0.39, 0.29) is 11.5 Å². The largest absolute Gasteiger partial charge is 0.493 e. The predicted molar refractivity (Wildman–Crippen MR) is 190 cm³/mol. The van der Waals surface area contributed by atoms with Crippen LogP contribution in [0.1, 0.15) is 38.7 Å². The van der Waals surface area contributed by atoms with Gasteiger partial charge in [-0.3, -0.25) is 9.59 Å². The number of hydrogen-bond donors (Lipinski definition) is 1. The van der Waals surface area contributed by atoms with E-state index < -0.39 is 41.3 Å². The molecule has 1 amide bonds. The molecule has 3 aliphatic rings. The van der Waals surface area contributed by atoms with Gasteiger partial charge in [-0.2, -0.15) is 0 Å². The molecule has 50 heavy (non-hydrogen) atoms. The summed E-state index contributed by atoms with van der Waals surface area (Å²) in [6, 6.07) is 37.2. The average molecular weight is 663 g/mol. The number of rotatable bonds is 8. The van der Waals surface area contributed by atoms with Gasteiger partial charge in [-0.15, -0.1) is 0 Å². The van der Waals surface area contributed by atoms with Gasteiger partial charge in [0.05, 0.1) is 26.2 Å². The van der Waals surface area contributed by atoms with Crippen molar-refractivity contribution in [3.05, 3.63) is 161 Å². The summed E-state index contributed by atoms with van der Waals surface area (Å²) in [5, 5.41) is 3.07. The van der Waals surface area contributed by atoms with Gasteiger partial charge < -0.3 is 24.4 Å². The normalized spacial score (nSPS) is 21.3. The van der Waals surface area contributed by atoms with E-state index in [0.717, 1.165) is 22.4 Å². The molecule has 3 heterocycles. The first kappa shape index (κ1) is 31.1. The summed E-state index contributed by atoms with van der Waals surface area (Å²) in [6.07, 6.45) is 3.14. The number of carbonyl (C=O) groups excluding carboxylic acids is 3. The molecule has 8 rings (SSSR count). The zero-order valence-electron chi connectivity index (χ0n) is 27.5. The summed E-state index contributed by atoms with van der Waals surface area (Å²) >= 11 is 0. The van der Waals surface area contributed by atoms with Gasteiger partial charge in [-0.25, -0.2) is 4.79 Å². The zero-order valence-corrected chi connectivity index (χ0v) is 27.5. The SMILES string of the molecule is COc1ccc(C(=O)[C@@H]2[C@@H](C(=O)OC(c3ccccc3)c3ccccc3)N3c4ccccc4C=C[C@@H]3[C@]23C(=O)Nc2ccccc23)cc1OC. The fourth-order valence-corrected chi connectivity index (χ4v) is 8.03. The van der Waals surface area contributed by atoms with Crippen LogP contribution in [-0.2, 0) is 19.7 Å². The minimum atomic E-state index is -1.48. The average Bonchev–Trinajstić information content (AvgIpc) is 3.65. The molecule has 1 N–H and O–H groups in total. The van der Waals surface area contributed by atoms with Crippen molar-refractivity contribution < 1.29 is 28.6 Å². The van der Waals surface area contributed by atoms with Crippen LogP contribution < -0.4 is 19.7 Å². The molecule has 0 unspecified atom stereocenters. The molecule has 1 fully saturated rings. The van der Waals surface area contributed by atoms with Crippen molar-refractivity contribution in [1.82, 2.24) is 0 Å². The summed E-state index contributed by atoms with van der Waals surface area (Å²) in [5.41, 5.74) is 3.22. The van der Waals surface area contributed by atoms with Crippen LogP contribution in [0.25, 0.3) is 6.08 Å². The number of hydrogen-bond acceptors (Lipinski definition) is 7. The van der Waals surface area contributed by atoms with Crippen LogP contribution >= 0.6 is 0 Å². The van der Waals surface area contributed by atoms with E-state index in [1.165, 1.54) is 14.2 Å². The second-order valence-corrected chi connectivity index (χ2v) is 12.6. The molecule has 8 nitrogen and oxygen atoms in total. The fraction of sp³-hybridized carbons (Fsp3) is 0.167. The van der Waals surface area contributed by atoms with Crippen molar-refractivity contribution in [2.45, 2.75) is 23.6 Å². The minimum absolute atomic E-state index is 0.279. The van der Waals surface area contributed by atoms with Crippen LogP contribution in [0, 0.1) is 5.92 Å². The summed E-state index contributed by atoms with van der Waals surface area (Å²) in [4.78, 5) is 47.1. The highest BCUT2D eigenvalue weighted by Gasteiger charge is 2.71. The highest BCUT2D eigenvalue weighted by Crippen LogP contribution is 2.58. The maximum Gasteiger partial charge on any atom is 0.330 e. The molecule has 5 aromatic rings. The van der Waals surface area contributed by atoms with E-state index in [9.17, 15) is 4.79 Å². The van der Waals surface area contributed by atoms with Crippen LogP contribution in [0.4, 0.5) is 11.4 Å². The molecule has 3 aliphatic heterocycles. The number of esters is 1. The predicted octanol–water partition coefficient (Wildman–Crippen LogP) is 7.01. The Morgan fingerprint density at radius 3 is 2.10 bits per heavy atom. The highest BCUT2D eigenvalue weighted by atomic mass is 16.5. The van der Waals surface area contributed by atoms with Crippen LogP contribution in [0.5, 0.6) is 11.5 Å². The molecule has 0 radical (unpaired) electrons. The molecule has 0 saturated carbocycles. The molecule has 0 aromatic heterocycles. The van der Waals surface area contributed by atoms with Gasteiger partial charge in [-0.05, 0) is 52.6 Å². The third-order valence-corrected chi connectivity index (χ3v) is 10.2. The summed E-state index contributed by atoms with van der Waals surface area (Å²) in [6.45, 7) is 0. The van der Waals surface area contributed by atoms with Gasteiger partial charge in [0.1, 0.15) is 11.5 Å². The Morgan fingerprint density at radius 1 is 0.760 bits per heavy atom. The van der Waals surface area contributed by atoms with Crippen molar-refractivity contribution in [3.8, 4) is 11.5 Å². The monoisotopic (exact) mass is 662 g/mol. The standard InChI is InChI=1S/C42H34N2O6/c1-48-33-23-21-29(25-34(33)49-2)38(45)36-37(40(46)50-39(27-14-5-3-6-15-27)28-16-7-4-8-17-28)44-32-20-12-9-13-26(32)22-24-35(44)42(36)30-18-10-11-19-31(30)43-41(42)47/h3-25,35-37,39H,1-2H3,(H,43,47)/t35-,36+,37+,42+/m1/s1. The molecule has 248 valence electrons. The number of ether oxygens (including phenoxy) is 3. The fourth-order valence-electron chi connectivity index (χ4n) is 8.03. The summed E-state index contributed by atoms with van der Waals surface area (Å²) in [7, 11) is 3.02. The summed E-state index contributed by atoms with van der Waals surface area (Å²) < 4.78 is 17.6. The lowest BCUT2D eigenvalue weighted by Crippen LogP contribution is -2.51. The van der Waals surface area contributed by atoms with E-state index in [1.54, 1.807) is 18.2 Å². The number of benzene rings is 5. The molecule has 1 spiro atoms. The molecule has 1 saturated heterocycles. The number of Topliss-reactive ketones (excluding diaryl/α,β-unsaturated/α-hetero) is 1. The highest BCUT2D eigenvalue weighted by molar-refractivity contribution is 6.16. The number of carbonyl (C=O) groups is 3. The Balaban J connectivity index is 1.36. The topological polar surface area (TPSA) is 94.2 Å². The minimum Gasteiger partial charge on any atom is -0.493 e. The Bertz CT molecular complexity index is 2110. The van der Waals surface area contributed by atoms with Crippen LogP contribution in [0.15, 0.2) is 133 Å².